The van der Waals surface area contributed by atoms with Gasteiger partial charge in [-0.2, -0.15) is 0 Å². The maximum atomic E-state index is 5.73. The monoisotopic (exact) mass is 320 g/mol. The zero-order chi connectivity index (χ0) is 11.5. The third-order valence-electron chi connectivity index (χ3n) is 2.17. The molecule has 16 heavy (non-hydrogen) atoms. The molecule has 2 rings (SSSR count). The van der Waals surface area contributed by atoms with Gasteiger partial charge >= 0.3 is 0 Å². The van der Waals surface area contributed by atoms with Gasteiger partial charge < -0.3 is 4.42 Å². The zero-order valence-corrected chi connectivity index (χ0v) is 11.4. The van der Waals surface area contributed by atoms with Gasteiger partial charge in [0, 0.05) is 11.3 Å². The molecule has 0 amide bonds. The average Bonchev–Trinajstić information content (AvgIpc) is 2.84. The number of halogens is 2. The quantitative estimate of drug-likeness (QED) is 0.669. The van der Waals surface area contributed by atoms with Crippen LogP contribution in [0.15, 0.2) is 32.5 Å². The maximum Gasteiger partial charge on any atom is 0.193 e. The van der Waals surface area contributed by atoms with Crippen LogP contribution in [-0.2, 0) is 6.42 Å². The first-order valence-electron chi connectivity index (χ1n) is 4.64. The Bertz CT molecular complexity index is 471. The molecule has 2 heterocycles. The first kappa shape index (κ1) is 12.1. The highest BCUT2D eigenvalue weighted by Crippen LogP contribution is 2.28. The molecule has 0 aliphatic carbocycles. The minimum Gasteiger partial charge on any atom is -0.448 e. The molecule has 0 bridgehead atoms. The summed E-state index contributed by atoms with van der Waals surface area (Å²) in [4.78, 5) is 1.22. The molecule has 0 fully saturated rings. The number of hydrogen-bond acceptors (Lipinski definition) is 4. The van der Waals surface area contributed by atoms with Gasteiger partial charge in [-0.3, -0.25) is 5.84 Å². The summed E-state index contributed by atoms with van der Waals surface area (Å²) in [6.07, 6.45) is 0.774. The average molecular weight is 322 g/mol. The van der Waals surface area contributed by atoms with Crippen LogP contribution in [0.1, 0.15) is 16.7 Å². The molecule has 0 aliphatic heterocycles. The lowest BCUT2D eigenvalue weighted by Gasteiger charge is -2.11. The zero-order valence-electron chi connectivity index (χ0n) is 8.24. The molecular weight excluding hydrogens is 312 g/mol. The van der Waals surface area contributed by atoms with E-state index in [1.54, 1.807) is 17.4 Å². The van der Waals surface area contributed by atoms with Crippen LogP contribution in [0.25, 0.3) is 0 Å². The van der Waals surface area contributed by atoms with Crippen LogP contribution in [0.2, 0.25) is 5.22 Å². The smallest absolute Gasteiger partial charge is 0.193 e. The van der Waals surface area contributed by atoms with E-state index in [2.05, 4.69) is 27.4 Å². The van der Waals surface area contributed by atoms with E-state index in [1.165, 1.54) is 4.88 Å². The number of rotatable bonds is 4. The Morgan fingerprint density at radius 2 is 2.25 bits per heavy atom. The molecule has 1 unspecified atom stereocenters. The fraction of sp³-hybridized carbons (Fsp3) is 0.200. The van der Waals surface area contributed by atoms with Crippen molar-refractivity contribution in [2.24, 2.45) is 5.84 Å². The molecule has 0 spiro atoms. The summed E-state index contributed by atoms with van der Waals surface area (Å²) in [5.74, 6) is 6.26. The molecule has 0 saturated carbocycles. The molecule has 2 aromatic heterocycles. The molecule has 2 aromatic rings. The number of hydrazine groups is 1. The standard InChI is InChI=1S/C10H10BrClN2OS/c11-9-3-1-6(16-9)5-7(14-13)8-2-4-10(12)15-8/h1-4,7,14H,5,13H2. The lowest BCUT2D eigenvalue weighted by atomic mass is 10.1. The van der Waals surface area contributed by atoms with Crippen LogP contribution in [0.5, 0.6) is 0 Å². The van der Waals surface area contributed by atoms with Gasteiger partial charge in [0.1, 0.15) is 5.76 Å². The molecule has 0 aliphatic rings. The van der Waals surface area contributed by atoms with Crippen molar-refractivity contribution in [2.45, 2.75) is 12.5 Å². The number of nitrogens with one attached hydrogen (secondary N) is 1. The first-order valence-corrected chi connectivity index (χ1v) is 6.63. The van der Waals surface area contributed by atoms with Crippen LogP contribution in [0.3, 0.4) is 0 Å². The summed E-state index contributed by atoms with van der Waals surface area (Å²) in [7, 11) is 0. The van der Waals surface area contributed by atoms with Crippen molar-refractivity contribution in [3.05, 3.63) is 43.9 Å². The van der Waals surface area contributed by atoms with Gasteiger partial charge in [-0.25, -0.2) is 5.43 Å². The normalized spacial score (nSPS) is 12.9. The minimum atomic E-state index is -0.0574. The van der Waals surface area contributed by atoms with Gasteiger partial charge in [-0.1, -0.05) is 0 Å². The molecule has 1 atom stereocenters. The second-order valence-electron chi connectivity index (χ2n) is 3.27. The number of hydrogen-bond donors (Lipinski definition) is 2. The van der Waals surface area contributed by atoms with Crippen molar-refractivity contribution >= 4 is 38.9 Å². The van der Waals surface area contributed by atoms with E-state index in [0.717, 1.165) is 16.0 Å². The number of nitrogens with two attached hydrogens (primary N) is 1. The summed E-state index contributed by atoms with van der Waals surface area (Å²) < 4.78 is 6.44. The Hall–Kier alpha value is -0.330. The molecule has 3 nitrogen and oxygen atoms in total. The van der Waals surface area contributed by atoms with Crippen LogP contribution >= 0.6 is 38.9 Å². The fourth-order valence-electron chi connectivity index (χ4n) is 1.42. The van der Waals surface area contributed by atoms with Crippen LogP contribution in [0, 0.1) is 0 Å². The summed E-state index contributed by atoms with van der Waals surface area (Å²) in [5, 5.41) is 0.377. The summed E-state index contributed by atoms with van der Waals surface area (Å²) in [6.45, 7) is 0. The molecule has 0 saturated heterocycles. The lowest BCUT2D eigenvalue weighted by molar-refractivity contribution is 0.418. The van der Waals surface area contributed by atoms with E-state index in [9.17, 15) is 0 Å². The van der Waals surface area contributed by atoms with Crippen LogP contribution < -0.4 is 11.3 Å². The van der Waals surface area contributed by atoms with Crippen molar-refractivity contribution in [1.82, 2.24) is 5.43 Å². The molecule has 3 N–H and O–H groups in total. The second kappa shape index (κ2) is 5.33. The van der Waals surface area contributed by atoms with Gasteiger partial charge in [0.25, 0.3) is 0 Å². The SMILES string of the molecule is NNC(Cc1ccc(Br)s1)c1ccc(Cl)o1. The highest BCUT2D eigenvalue weighted by atomic mass is 79.9. The van der Waals surface area contributed by atoms with Crippen molar-refractivity contribution in [3.63, 3.8) is 0 Å². The highest BCUT2D eigenvalue weighted by molar-refractivity contribution is 9.11. The number of thiophene rings is 1. The van der Waals surface area contributed by atoms with E-state index in [-0.39, 0.29) is 6.04 Å². The molecule has 0 radical (unpaired) electrons. The Kier molecular flexibility index (Phi) is 4.05. The molecule has 86 valence electrons. The summed E-state index contributed by atoms with van der Waals surface area (Å²) in [5.41, 5.74) is 2.73. The van der Waals surface area contributed by atoms with E-state index >= 15 is 0 Å². The summed E-state index contributed by atoms with van der Waals surface area (Å²) in [6, 6.07) is 7.56. The van der Waals surface area contributed by atoms with Crippen molar-refractivity contribution in [1.29, 1.82) is 0 Å². The van der Waals surface area contributed by atoms with E-state index in [4.69, 9.17) is 21.9 Å². The van der Waals surface area contributed by atoms with Gasteiger partial charge in [0.15, 0.2) is 5.22 Å². The Morgan fingerprint density at radius 1 is 1.44 bits per heavy atom. The van der Waals surface area contributed by atoms with E-state index in [1.807, 2.05) is 12.1 Å². The maximum absolute atomic E-state index is 5.73. The molecule has 6 heteroatoms. The van der Waals surface area contributed by atoms with Gasteiger partial charge in [0.2, 0.25) is 0 Å². The van der Waals surface area contributed by atoms with E-state index in [0.29, 0.717) is 5.22 Å². The van der Waals surface area contributed by atoms with Crippen LogP contribution in [0.4, 0.5) is 0 Å². The predicted molar refractivity (Wildman–Crippen MR) is 69.5 cm³/mol. The fourth-order valence-corrected chi connectivity index (χ4v) is 3.10. The Balaban J connectivity index is 2.12. The van der Waals surface area contributed by atoms with E-state index < -0.39 is 0 Å². The third-order valence-corrected chi connectivity index (χ3v) is 4.02. The first-order chi connectivity index (χ1) is 7.69. The summed E-state index contributed by atoms with van der Waals surface area (Å²) >= 11 is 10.8. The largest absolute Gasteiger partial charge is 0.448 e. The van der Waals surface area contributed by atoms with Crippen molar-refractivity contribution in [3.8, 4) is 0 Å². The number of furan rings is 1. The Labute approximate surface area is 111 Å². The van der Waals surface area contributed by atoms with Gasteiger partial charge in [0.05, 0.1) is 9.83 Å². The molecule has 0 aromatic carbocycles. The van der Waals surface area contributed by atoms with Crippen molar-refractivity contribution < 1.29 is 4.42 Å². The Morgan fingerprint density at radius 3 is 2.75 bits per heavy atom. The third kappa shape index (κ3) is 2.87. The molecular formula is C10H10BrClN2OS. The topological polar surface area (TPSA) is 51.2 Å². The van der Waals surface area contributed by atoms with Crippen molar-refractivity contribution in [2.75, 3.05) is 0 Å². The van der Waals surface area contributed by atoms with Gasteiger partial charge in [-0.05, 0) is 51.8 Å². The lowest BCUT2D eigenvalue weighted by Crippen LogP contribution is -2.29. The second-order valence-corrected chi connectivity index (χ2v) is 6.19. The predicted octanol–water partition coefficient (Wildman–Crippen LogP) is 3.50. The minimum absolute atomic E-state index is 0.0574. The van der Waals surface area contributed by atoms with Crippen LogP contribution in [-0.4, -0.2) is 0 Å². The van der Waals surface area contributed by atoms with Gasteiger partial charge in [-0.15, -0.1) is 11.3 Å². The highest BCUT2D eigenvalue weighted by Gasteiger charge is 2.15.